The molecule has 4 heteroatoms. The fourth-order valence-electron chi connectivity index (χ4n) is 1.78. The van der Waals surface area contributed by atoms with E-state index in [1.807, 2.05) is 24.3 Å². The van der Waals surface area contributed by atoms with Gasteiger partial charge in [-0.15, -0.1) is 0 Å². The van der Waals surface area contributed by atoms with Gasteiger partial charge in [0.05, 0.1) is 13.7 Å². The number of carbonyl (C=O) groups is 1. The highest BCUT2D eigenvalue weighted by atomic mass is 16.5. The zero-order valence-corrected chi connectivity index (χ0v) is 12.1. The third-order valence-electron chi connectivity index (χ3n) is 2.79. The molecular formula is C15H23NO3. The van der Waals surface area contributed by atoms with Crippen molar-refractivity contribution in [3.8, 4) is 0 Å². The lowest BCUT2D eigenvalue weighted by atomic mass is 10.0. The van der Waals surface area contributed by atoms with Crippen LogP contribution in [-0.2, 0) is 20.9 Å². The van der Waals surface area contributed by atoms with Crippen molar-refractivity contribution in [3.63, 3.8) is 0 Å². The summed E-state index contributed by atoms with van der Waals surface area (Å²) in [5.41, 5.74) is 1.99. The normalized spacial score (nSPS) is 12.5. The SMILES string of the molecule is COCc1ccc(C(NCC(C)C)C(=O)OC)cc1. The van der Waals surface area contributed by atoms with Crippen molar-refractivity contribution in [1.82, 2.24) is 5.32 Å². The van der Waals surface area contributed by atoms with Gasteiger partial charge in [0.1, 0.15) is 6.04 Å². The molecule has 0 amide bonds. The van der Waals surface area contributed by atoms with Gasteiger partial charge in [-0.3, -0.25) is 0 Å². The smallest absolute Gasteiger partial charge is 0.327 e. The van der Waals surface area contributed by atoms with Crippen LogP contribution in [0.3, 0.4) is 0 Å². The number of ether oxygens (including phenoxy) is 2. The van der Waals surface area contributed by atoms with Gasteiger partial charge in [0.15, 0.2) is 0 Å². The maximum atomic E-state index is 11.8. The van der Waals surface area contributed by atoms with Crippen LogP contribution in [0.25, 0.3) is 0 Å². The lowest BCUT2D eigenvalue weighted by Crippen LogP contribution is -2.32. The van der Waals surface area contributed by atoms with Gasteiger partial charge in [-0.25, -0.2) is 4.79 Å². The first-order chi connectivity index (χ1) is 9.08. The highest BCUT2D eigenvalue weighted by Gasteiger charge is 2.20. The number of esters is 1. The number of methoxy groups -OCH3 is 2. The van der Waals surface area contributed by atoms with Crippen LogP contribution in [0.15, 0.2) is 24.3 Å². The standard InChI is InChI=1S/C15H23NO3/c1-11(2)9-16-14(15(17)19-4)13-7-5-12(6-8-13)10-18-3/h5-8,11,14,16H,9-10H2,1-4H3. The molecule has 0 radical (unpaired) electrons. The Morgan fingerprint density at radius 2 is 1.84 bits per heavy atom. The van der Waals surface area contributed by atoms with E-state index in [1.165, 1.54) is 7.11 Å². The van der Waals surface area contributed by atoms with Crippen LogP contribution in [0.5, 0.6) is 0 Å². The Labute approximate surface area is 115 Å². The van der Waals surface area contributed by atoms with Crippen LogP contribution in [-0.4, -0.2) is 26.7 Å². The van der Waals surface area contributed by atoms with Crippen LogP contribution in [0.2, 0.25) is 0 Å². The number of carbonyl (C=O) groups excluding carboxylic acids is 1. The Bertz CT molecular complexity index is 387. The predicted molar refractivity (Wildman–Crippen MR) is 74.8 cm³/mol. The van der Waals surface area contributed by atoms with Gasteiger partial charge in [-0.2, -0.15) is 0 Å². The largest absolute Gasteiger partial charge is 0.468 e. The van der Waals surface area contributed by atoms with Crippen molar-refractivity contribution in [1.29, 1.82) is 0 Å². The summed E-state index contributed by atoms with van der Waals surface area (Å²) in [7, 11) is 3.07. The Balaban J connectivity index is 2.81. The van der Waals surface area contributed by atoms with E-state index >= 15 is 0 Å². The van der Waals surface area contributed by atoms with E-state index in [0.29, 0.717) is 12.5 Å². The monoisotopic (exact) mass is 265 g/mol. The van der Waals surface area contributed by atoms with Gasteiger partial charge < -0.3 is 14.8 Å². The zero-order valence-electron chi connectivity index (χ0n) is 12.1. The van der Waals surface area contributed by atoms with Gasteiger partial charge in [0.25, 0.3) is 0 Å². The average molecular weight is 265 g/mol. The molecule has 0 aliphatic carbocycles. The zero-order chi connectivity index (χ0) is 14.3. The third-order valence-corrected chi connectivity index (χ3v) is 2.79. The molecule has 19 heavy (non-hydrogen) atoms. The topological polar surface area (TPSA) is 47.6 Å². The van der Waals surface area contributed by atoms with Crippen LogP contribution in [0.4, 0.5) is 0 Å². The highest BCUT2D eigenvalue weighted by Crippen LogP contribution is 2.16. The second-order valence-corrected chi connectivity index (χ2v) is 4.93. The molecular weight excluding hydrogens is 242 g/mol. The second kappa shape index (κ2) is 7.92. The third kappa shape index (κ3) is 5.01. The minimum absolute atomic E-state index is 0.264. The molecule has 0 fully saturated rings. The van der Waals surface area contributed by atoms with E-state index in [9.17, 15) is 4.79 Å². The summed E-state index contributed by atoms with van der Waals surface area (Å²) in [4.78, 5) is 11.8. The maximum absolute atomic E-state index is 11.8. The van der Waals surface area contributed by atoms with Crippen molar-refractivity contribution in [3.05, 3.63) is 35.4 Å². The average Bonchev–Trinajstić information content (AvgIpc) is 2.40. The number of hydrogen-bond acceptors (Lipinski definition) is 4. The van der Waals surface area contributed by atoms with Crippen molar-refractivity contribution < 1.29 is 14.3 Å². The van der Waals surface area contributed by atoms with E-state index in [0.717, 1.165) is 17.7 Å². The lowest BCUT2D eigenvalue weighted by molar-refractivity contribution is -0.143. The van der Waals surface area contributed by atoms with Gasteiger partial charge in [0.2, 0.25) is 0 Å². The van der Waals surface area contributed by atoms with Crippen molar-refractivity contribution >= 4 is 5.97 Å². The molecule has 0 aliphatic rings. The minimum Gasteiger partial charge on any atom is -0.468 e. The van der Waals surface area contributed by atoms with Crippen molar-refractivity contribution in [2.75, 3.05) is 20.8 Å². The minimum atomic E-state index is -0.413. The van der Waals surface area contributed by atoms with Crippen LogP contribution >= 0.6 is 0 Å². The maximum Gasteiger partial charge on any atom is 0.327 e. The molecule has 1 unspecified atom stereocenters. The van der Waals surface area contributed by atoms with E-state index in [2.05, 4.69) is 19.2 Å². The van der Waals surface area contributed by atoms with E-state index in [4.69, 9.17) is 9.47 Å². The molecule has 0 spiro atoms. The predicted octanol–water partition coefficient (Wildman–Crippen LogP) is 2.29. The number of nitrogens with one attached hydrogen (secondary N) is 1. The Morgan fingerprint density at radius 3 is 2.32 bits per heavy atom. The number of rotatable bonds is 7. The Morgan fingerprint density at radius 1 is 1.21 bits per heavy atom. The summed E-state index contributed by atoms with van der Waals surface area (Å²) in [6.45, 7) is 5.54. The molecule has 1 atom stereocenters. The molecule has 1 aromatic rings. The Hall–Kier alpha value is -1.39. The first-order valence-corrected chi connectivity index (χ1v) is 6.47. The molecule has 0 saturated heterocycles. The number of benzene rings is 1. The molecule has 0 heterocycles. The molecule has 4 nitrogen and oxygen atoms in total. The Kier molecular flexibility index (Phi) is 6.53. The molecule has 0 bridgehead atoms. The van der Waals surface area contributed by atoms with E-state index in [1.54, 1.807) is 7.11 Å². The first kappa shape index (κ1) is 15.7. The summed E-state index contributed by atoms with van der Waals surface area (Å²) >= 11 is 0. The summed E-state index contributed by atoms with van der Waals surface area (Å²) in [5.74, 6) is 0.208. The molecule has 0 aliphatic heterocycles. The van der Waals surface area contributed by atoms with Gasteiger partial charge >= 0.3 is 5.97 Å². The van der Waals surface area contributed by atoms with Gasteiger partial charge in [-0.05, 0) is 23.6 Å². The van der Waals surface area contributed by atoms with Gasteiger partial charge in [0, 0.05) is 7.11 Å². The quantitative estimate of drug-likeness (QED) is 0.768. The highest BCUT2D eigenvalue weighted by molar-refractivity contribution is 5.77. The van der Waals surface area contributed by atoms with E-state index in [-0.39, 0.29) is 5.97 Å². The molecule has 0 saturated carbocycles. The summed E-state index contributed by atoms with van der Waals surface area (Å²) in [6.07, 6.45) is 0. The van der Waals surface area contributed by atoms with Crippen LogP contribution < -0.4 is 5.32 Å². The van der Waals surface area contributed by atoms with Gasteiger partial charge in [-0.1, -0.05) is 38.1 Å². The van der Waals surface area contributed by atoms with Crippen molar-refractivity contribution in [2.24, 2.45) is 5.92 Å². The molecule has 1 aromatic carbocycles. The molecule has 1 rings (SSSR count). The second-order valence-electron chi connectivity index (χ2n) is 4.93. The molecule has 0 aromatic heterocycles. The summed E-state index contributed by atoms with van der Waals surface area (Å²) < 4.78 is 9.92. The fourth-order valence-corrected chi connectivity index (χ4v) is 1.78. The fraction of sp³-hybridized carbons (Fsp3) is 0.533. The van der Waals surface area contributed by atoms with Crippen LogP contribution in [0.1, 0.15) is 31.0 Å². The van der Waals surface area contributed by atoms with Crippen LogP contribution in [0, 0.1) is 5.92 Å². The molecule has 106 valence electrons. The van der Waals surface area contributed by atoms with Crippen molar-refractivity contribution in [2.45, 2.75) is 26.5 Å². The lowest BCUT2D eigenvalue weighted by Gasteiger charge is -2.18. The summed E-state index contributed by atoms with van der Waals surface area (Å²) in [6, 6.07) is 7.38. The molecule has 1 N–H and O–H groups in total. The summed E-state index contributed by atoms with van der Waals surface area (Å²) in [5, 5.41) is 3.23. The first-order valence-electron chi connectivity index (χ1n) is 6.47. The number of hydrogen-bond donors (Lipinski definition) is 1. The van der Waals surface area contributed by atoms with E-state index < -0.39 is 6.04 Å².